The Morgan fingerprint density at radius 1 is 1.47 bits per heavy atom. The van der Waals surface area contributed by atoms with E-state index in [0.717, 1.165) is 21.9 Å². The van der Waals surface area contributed by atoms with E-state index < -0.39 is 0 Å². The van der Waals surface area contributed by atoms with Crippen molar-refractivity contribution in [2.24, 2.45) is 5.92 Å². The smallest absolute Gasteiger partial charge is 0.195 e. The van der Waals surface area contributed by atoms with Gasteiger partial charge in [0.15, 0.2) is 10.8 Å². The van der Waals surface area contributed by atoms with Gasteiger partial charge < -0.3 is 0 Å². The molecule has 1 atom stereocenters. The Balaban J connectivity index is 2.14. The first-order valence-electron chi connectivity index (χ1n) is 4.80. The standard InChI is InChI=1S/C10H12BrN3S/c1-8(6-11)7-15-10-13-12-9-4-2-3-5-14(9)10/h2-5,8H,6-7H2,1H3. The van der Waals surface area contributed by atoms with Gasteiger partial charge in [-0.05, 0) is 18.1 Å². The molecule has 0 saturated carbocycles. The van der Waals surface area contributed by atoms with Crippen LogP contribution in [0.1, 0.15) is 6.92 Å². The molecule has 0 fully saturated rings. The molecule has 0 N–H and O–H groups in total. The van der Waals surface area contributed by atoms with Crippen molar-refractivity contribution in [1.29, 1.82) is 0 Å². The molecule has 5 heteroatoms. The Labute approximate surface area is 101 Å². The van der Waals surface area contributed by atoms with Crippen LogP contribution in [0.4, 0.5) is 0 Å². The number of halogens is 1. The van der Waals surface area contributed by atoms with E-state index in [-0.39, 0.29) is 0 Å². The third-order valence-electron chi connectivity index (χ3n) is 2.04. The predicted molar refractivity (Wildman–Crippen MR) is 66.7 cm³/mol. The predicted octanol–water partition coefficient (Wildman–Crippen LogP) is 2.85. The molecule has 2 rings (SSSR count). The molecule has 15 heavy (non-hydrogen) atoms. The Bertz CT molecular complexity index is 443. The minimum absolute atomic E-state index is 0.645. The summed E-state index contributed by atoms with van der Waals surface area (Å²) in [6, 6.07) is 5.93. The van der Waals surface area contributed by atoms with Gasteiger partial charge in [0.1, 0.15) is 0 Å². The minimum atomic E-state index is 0.645. The van der Waals surface area contributed by atoms with Gasteiger partial charge in [-0.2, -0.15) is 0 Å². The van der Waals surface area contributed by atoms with E-state index >= 15 is 0 Å². The lowest BCUT2D eigenvalue weighted by atomic mass is 10.3. The maximum atomic E-state index is 4.16. The fourth-order valence-electron chi connectivity index (χ4n) is 1.18. The Morgan fingerprint density at radius 2 is 2.33 bits per heavy atom. The highest BCUT2D eigenvalue weighted by molar-refractivity contribution is 9.09. The van der Waals surface area contributed by atoms with Crippen LogP contribution < -0.4 is 0 Å². The summed E-state index contributed by atoms with van der Waals surface area (Å²) in [4.78, 5) is 0. The van der Waals surface area contributed by atoms with E-state index in [0.29, 0.717) is 5.92 Å². The molecule has 0 saturated heterocycles. The second kappa shape index (κ2) is 4.99. The summed E-state index contributed by atoms with van der Waals surface area (Å²) in [5.74, 6) is 1.70. The number of hydrogen-bond acceptors (Lipinski definition) is 3. The summed E-state index contributed by atoms with van der Waals surface area (Å²) in [5, 5.41) is 10.3. The van der Waals surface area contributed by atoms with Gasteiger partial charge >= 0.3 is 0 Å². The largest absolute Gasteiger partial charge is 0.277 e. The maximum Gasteiger partial charge on any atom is 0.195 e. The van der Waals surface area contributed by atoms with Crippen LogP contribution in [0, 0.1) is 5.92 Å². The zero-order valence-corrected chi connectivity index (χ0v) is 10.8. The Morgan fingerprint density at radius 3 is 3.13 bits per heavy atom. The average molecular weight is 286 g/mol. The number of hydrogen-bond donors (Lipinski definition) is 0. The summed E-state index contributed by atoms with van der Waals surface area (Å²) in [6.45, 7) is 2.21. The highest BCUT2D eigenvalue weighted by Crippen LogP contribution is 2.20. The molecular weight excluding hydrogens is 274 g/mol. The fourth-order valence-corrected chi connectivity index (χ4v) is 2.65. The van der Waals surface area contributed by atoms with Crippen LogP contribution >= 0.6 is 27.7 Å². The molecule has 3 nitrogen and oxygen atoms in total. The lowest BCUT2D eigenvalue weighted by Crippen LogP contribution is -1.99. The second-order valence-corrected chi connectivity index (χ2v) is 5.12. The molecule has 0 aliphatic rings. The number of aromatic nitrogens is 3. The SMILES string of the molecule is CC(CBr)CSc1nnc2ccccn12. The number of thioether (sulfide) groups is 1. The minimum Gasteiger partial charge on any atom is -0.277 e. The Kier molecular flexibility index (Phi) is 3.64. The number of alkyl halides is 1. The second-order valence-electron chi connectivity index (χ2n) is 3.48. The van der Waals surface area contributed by atoms with Crippen LogP contribution in [-0.4, -0.2) is 25.7 Å². The van der Waals surface area contributed by atoms with Crippen molar-refractivity contribution in [3.8, 4) is 0 Å². The van der Waals surface area contributed by atoms with Crippen LogP contribution in [0.5, 0.6) is 0 Å². The number of nitrogens with zero attached hydrogens (tertiary/aromatic N) is 3. The van der Waals surface area contributed by atoms with Crippen LogP contribution in [-0.2, 0) is 0 Å². The van der Waals surface area contributed by atoms with Crippen molar-refractivity contribution >= 4 is 33.3 Å². The summed E-state index contributed by atoms with van der Waals surface area (Å²) < 4.78 is 2.02. The van der Waals surface area contributed by atoms with E-state index in [1.54, 1.807) is 11.8 Å². The topological polar surface area (TPSA) is 30.2 Å². The molecule has 2 aromatic heterocycles. The highest BCUT2D eigenvalue weighted by Gasteiger charge is 2.07. The monoisotopic (exact) mass is 285 g/mol. The van der Waals surface area contributed by atoms with Crippen molar-refractivity contribution in [2.45, 2.75) is 12.1 Å². The van der Waals surface area contributed by atoms with E-state index in [1.165, 1.54) is 0 Å². The summed E-state index contributed by atoms with van der Waals surface area (Å²) in [7, 11) is 0. The van der Waals surface area contributed by atoms with E-state index in [4.69, 9.17) is 0 Å². The zero-order valence-electron chi connectivity index (χ0n) is 8.43. The molecule has 0 bridgehead atoms. The van der Waals surface area contributed by atoms with Crippen LogP contribution in [0.2, 0.25) is 0 Å². The van der Waals surface area contributed by atoms with Crippen LogP contribution in [0.3, 0.4) is 0 Å². The molecule has 0 amide bonds. The normalized spacial score (nSPS) is 13.2. The summed E-state index contributed by atoms with van der Waals surface area (Å²) in [6.07, 6.45) is 2.00. The van der Waals surface area contributed by atoms with Crippen molar-refractivity contribution in [2.75, 3.05) is 11.1 Å². The first kappa shape index (κ1) is 11.0. The van der Waals surface area contributed by atoms with E-state index in [2.05, 4.69) is 33.1 Å². The van der Waals surface area contributed by atoms with E-state index in [9.17, 15) is 0 Å². The molecule has 2 aromatic rings. The van der Waals surface area contributed by atoms with Gasteiger partial charge in [0.2, 0.25) is 0 Å². The molecule has 2 heterocycles. The third kappa shape index (κ3) is 2.52. The molecule has 0 radical (unpaired) electrons. The lowest BCUT2D eigenvalue weighted by molar-refractivity contribution is 0.766. The van der Waals surface area contributed by atoms with Crippen LogP contribution in [0.15, 0.2) is 29.6 Å². The molecule has 0 aliphatic heterocycles. The van der Waals surface area contributed by atoms with Gasteiger partial charge in [-0.25, -0.2) is 0 Å². The number of pyridine rings is 1. The Hall–Kier alpha value is -0.550. The van der Waals surface area contributed by atoms with Crippen molar-refractivity contribution in [1.82, 2.24) is 14.6 Å². The fraction of sp³-hybridized carbons (Fsp3) is 0.400. The van der Waals surface area contributed by atoms with Crippen molar-refractivity contribution in [3.63, 3.8) is 0 Å². The molecule has 80 valence electrons. The van der Waals surface area contributed by atoms with Gasteiger partial charge in [-0.15, -0.1) is 10.2 Å². The number of rotatable bonds is 4. The summed E-state index contributed by atoms with van der Waals surface area (Å²) in [5.41, 5.74) is 0.909. The van der Waals surface area contributed by atoms with E-state index in [1.807, 2.05) is 28.8 Å². The van der Waals surface area contributed by atoms with Gasteiger partial charge in [0, 0.05) is 17.3 Å². The highest BCUT2D eigenvalue weighted by atomic mass is 79.9. The first-order valence-corrected chi connectivity index (χ1v) is 6.90. The maximum absolute atomic E-state index is 4.16. The van der Waals surface area contributed by atoms with Gasteiger partial charge in [-0.3, -0.25) is 4.40 Å². The van der Waals surface area contributed by atoms with Gasteiger partial charge in [0.05, 0.1) is 0 Å². The summed E-state index contributed by atoms with van der Waals surface area (Å²) >= 11 is 5.22. The molecular formula is C10H12BrN3S. The molecule has 0 aliphatic carbocycles. The zero-order chi connectivity index (χ0) is 10.7. The van der Waals surface area contributed by atoms with Gasteiger partial charge in [-0.1, -0.05) is 40.7 Å². The van der Waals surface area contributed by atoms with Crippen molar-refractivity contribution in [3.05, 3.63) is 24.4 Å². The lowest BCUT2D eigenvalue weighted by Gasteiger charge is -2.04. The van der Waals surface area contributed by atoms with Gasteiger partial charge in [0.25, 0.3) is 0 Å². The quantitative estimate of drug-likeness (QED) is 0.639. The number of fused-ring (bicyclic) bond motifs is 1. The van der Waals surface area contributed by atoms with Crippen LogP contribution in [0.25, 0.3) is 5.65 Å². The molecule has 1 unspecified atom stereocenters. The average Bonchev–Trinajstić information content (AvgIpc) is 2.69. The molecule has 0 aromatic carbocycles. The molecule has 0 spiro atoms. The first-order chi connectivity index (χ1) is 7.31. The third-order valence-corrected chi connectivity index (χ3v) is 4.42. The van der Waals surface area contributed by atoms with Crippen molar-refractivity contribution < 1.29 is 0 Å².